The highest BCUT2D eigenvalue weighted by molar-refractivity contribution is 6.10. The minimum Gasteiger partial charge on any atom is -0.369 e. The first-order chi connectivity index (χ1) is 10.1. The van der Waals surface area contributed by atoms with Gasteiger partial charge < -0.3 is 11.5 Å². The van der Waals surface area contributed by atoms with Crippen LogP contribution in [0, 0.1) is 0 Å². The molecule has 0 aromatic heterocycles. The number of nitrogens with two attached hydrogens (primary N) is 2. The molecule has 4 N–H and O–H groups in total. The number of nitrogens with zero attached hydrogens (tertiary/aromatic N) is 2. The molecule has 3 aromatic carbocycles. The van der Waals surface area contributed by atoms with Gasteiger partial charge >= 0.3 is 0 Å². The summed E-state index contributed by atoms with van der Waals surface area (Å²) in [5.74, 6) is -0.0406. The number of rotatable bonds is 2. The van der Waals surface area contributed by atoms with E-state index in [4.69, 9.17) is 11.5 Å². The van der Waals surface area contributed by atoms with Crippen molar-refractivity contribution in [2.45, 2.75) is 6.92 Å². The summed E-state index contributed by atoms with van der Waals surface area (Å²) >= 11 is 0. The lowest BCUT2D eigenvalue weighted by atomic mass is 9.99. The first-order valence-electron chi connectivity index (χ1n) is 6.70. The second-order valence-electron chi connectivity index (χ2n) is 4.93. The molecule has 0 bridgehead atoms. The summed E-state index contributed by atoms with van der Waals surface area (Å²) in [6, 6.07) is 18.9. The molecule has 0 amide bonds. The highest BCUT2D eigenvalue weighted by atomic mass is 35.5. The van der Waals surface area contributed by atoms with Gasteiger partial charge in [-0.05, 0) is 40.1 Å². The normalized spacial score (nSPS) is 11.2. The van der Waals surface area contributed by atoms with Crippen LogP contribution in [0.3, 0.4) is 0 Å². The zero-order valence-corrected chi connectivity index (χ0v) is 13.0. The Morgan fingerprint density at radius 2 is 1.50 bits per heavy atom. The molecule has 0 radical (unpaired) electrons. The van der Waals surface area contributed by atoms with Crippen LogP contribution >= 0.6 is 12.4 Å². The van der Waals surface area contributed by atoms with Crippen LogP contribution in [0.5, 0.6) is 0 Å². The van der Waals surface area contributed by atoms with E-state index in [1.807, 2.05) is 13.0 Å². The zero-order chi connectivity index (χ0) is 14.8. The van der Waals surface area contributed by atoms with Gasteiger partial charge in [-0.2, -0.15) is 5.10 Å². The van der Waals surface area contributed by atoms with Crippen molar-refractivity contribution < 1.29 is 0 Å². The minimum absolute atomic E-state index is 0. The molecule has 0 aliphatic carbocycles. The lowest BCUT2D eigenvalue weighted by Crippen LogP contribution is -2.22. The van der Waals surface area contributed by atoms with Crippen molar-refractivity contribution in [3.63, 3.8) is 0 Å². The van der Waals surface area contributed by atoms with Crippen molar-refractivity contribution in [2.24, 2.45) is 21.7 Å². The molecular formula is C17H17ClN4. The van der Waals surface area contributed by atoms with Crippen molar-refractivity contribution in [1.82, 2.24) is 0 Å². The maximum atomic E-state index is 5.29. The van der Waals surface area contributed by atoms with Crippen molar-refractivity contribution in [2.75, 3.05) is 0 Å². The van der Waals surface area contributed by atoms with E-state index in [9.17, 15) is 0 Å². The van der Waals surface area contributed by atoms with E-state index in [0.717, 1.165) is 11.3 Å². The fourth-order valence-corrected chi connectivity index (χ4v) is 2.43. The van der Waals surface area contributed by atoms with Gasteiger partial charge in [-0.1, -0.05) is 48.5 Å². The molecule has 112 valence electrons. The van der Waals surface area contributed by atoms with Gasteiger partial charge in [0.2, 0.25) is 5.96 Å². The predicted octanol–water partition coefficient (Wildman–Crippen LogP) is 3.41. The SMILES string of the molecule is C/C(=N\N=C(N)N)c1ccc2c(ccc3ccccc32)c1.Cl. The Hall–Kier alpha value is -2.59. The van der Waals surface area contributed by atoms with Crippen LogP contribution in [0.4, 0.5) is 0 Å². The summed E-state index contributed by atoms with van der Waals surface area (Å²) in [7, 11) is 0. The molecule has 0 unspecified atom stereocenters. The molecule has 0 fully saturated rings. The van der Waals surface area contributed by atoms with Gasteiger partial charge in [-0.25, -0.2) is 0 Å². The molecule has 0 atom stereocenters. The Bertz CT molecular complexity index is 880. The van der Waals surface area contributed by atoms with Gasteiger partial charge in [0.25, 0.3) is 0 Å². The first-order valence-corrected chi connectivity index (χ1v) is 6.70. The minimum atomic E-state index is -0.0406. The van der Waals surface area contributed by atoms with E-state index in [1.165, 1.54) is 21.5 Å². The molecule has 22 heavy (non-hydrogen) atoms. The van der Waals surface area contributed by atoms with Gasteiger partial charge in [-0.15, -0.1) is 17.5 Å². The largest absolute Gasteiger partial charge is 0.369 e. The third-order valence-electron chi connectivity index (χ3n) is 3.48. The van der Waals surface area contributed by atoms with Crippen molar-refractivity contribution in [3.05, 3.63) is 60.2 Å². The summed E-state index contributed by atoms with van der Waals surface area (Å²) < 4.78 is 0. The predicted molar refractivity (Wildman–Crippen MR) is 96.7 cm³/mol. The number of benzene rings is 3. The topological polar surface area (TPSA) is 76.8 Å². The van der Waals surface area contributed by atoms with Crippen LogP contribution in [0.2, 0.25) is 0 Å². The van der Waals surface area contributed by atoms with Crippen molar-refractivity contribution >= 4 is 45.6 Å². The molecule has 3 rings (SSSR count). The summed E-state index contributed by atoms with van der Waals surface area (Å²) in [6.45, 7) is 1.88. The summed E-state index contributed by atoms with van der Waals surface area (Å²) in [5.41, 5.74) is 12.4. The van der Waals surface area contributed by atoms with E-state index >= 15 is 0 Å². The molecule has 5 heteroatoms. The third-order valence-corrected chi connectivity index (χ3v) is 3.48. The average molecular weight is 313 g/mol. The second-order valence-corrected chi connectivity index (χ2v) is 4.93. The summed E-state index contributed by atoms with van der Waals surface area (Å²) in [6.07, 6.45) is 0. The van der Waals surface area contributed by atoms with Crippen LogP contribution in [0.15, 0.2) is 64.8 Å². The highest BCUT2D eigenvalue weighted by Gasteiger charge is 2.03. The monoisotopic (exact) mass is 312 g/mol. The van der Waals surface area contributed by atoms with E-state index in [0.29, 0.717) is 0 Å². The molecule has 4 nitrogen and oxygen atoms in total. The van der Waals surface area contributed by atoms with E-state index in [1.54, 1.807) is 0 Å². The number of hydrogen-bond donors (Lipinski definition) is 2. The Labute approximate surface area is 134 Å². The number of guanidine groups is 1. The Morgan fingerprint density at radius 3 is 2.27 bits per heavy atom. The molecular weight excluding hydrogens is 296 g/mol. The molecule has 0 heterocycles. The van der Waals surface area contributed by atoms with Crippen LogP contribution < -0.4 is 11.5 Å². The van der Waals surface area contributed by atoms with E-state index in [2.05, 4.69) is 58.7 Å². The zero-order valence-electron chi connectivity index (χ0n) is 12.2. The number of hydrogen-bond acceptors (Lipinski definition) is 2. The molecule has 0 aliphatic heterocycles. The average Bonchev–Trinajstić information content (AvgIpc) is 2.51. The summed E-state index contributed by atoms with van der Waals surface area (Å²) in [5, 5.41) is 12.6. The van der Waals surface area contributed by atoms with Crippen LogP contribution in [0.1, 0.15) is 12.5 Å². The lowest BCUT2D eigenvalue weighted by molar-refractivity contribution is 1.20. The maximum Gasteiger partial charge on any atom is 0.211 e. The van der Waals surface area contributed by atoms with Gasteiger partial charge in [-0.3, -0.25) is 0 Å². The highest BCUT2D eigenvalue weighted by Crippen LogP contribution is 2.26. The second kappa shape index (κ2) is 6.45. The van der Waals surface area contributed by atoms with Crippen molar-refractivity contribution in [1.29, 1.82) is 0 Å². The maximum absolute atomic E-state index is 5.29. The Kier molecular flexibility index (Phi) is 4.63. The Morgan fingerprint density at radius 1 is 0.818 bits per heavy atom. The van der Waals surface area contributed by atoms with Crippen LogP contribution in [-0.4, -0.2) is 11.7 Å². The Balaban J connectivity index is 0.00000176. The molecule has 0 saturated carbocycles. The molecule has 0 spiro atoms. The third kappa shape index (κ3) is 3.02. The van der Waals surface area contributed by atoms with E-state index < -0.39 is 0 Å². The van der Waals surface area contributed by atoms with E-state index in [-0.39, 0.29) is 18.4 Å². The smallest absolute Gasteiger partial charge is 0.211 e. The van der Waals surface area contributed by atoms with Crippen LogP contribution in [0.25, 0.3) is 21.5 Å². The molecule has 0 aliphatic rings. The molecule has 0 saturated heterocycles. The molecule has 3 aromatic rings. The van der Waals surface area contributed by atoms with Gasteiger partial charge in [0.05, 0.1) is 5.71 Å². The lowest BCUT2D eigenvalue weighted by Gasteiger charge is -2.06. The number of fused-ring (bicyclic) bond motifs is 3. The van der Waals surface area contributed by atoms with Gasteiger partial charge in [0, 0.05) is 0 Å². The fourth-order valence-electron chi connectivity index (χ4n) is 2.43. The quantitative estimate of drug-likeness (QED) is 0.329. The fraction of sp³-hybridized carbons (Fsp3) is 0.0588. The van der Waals surface area contributed by atoms with Gasteiger partial charge in [0.1, 0.15) is 0 Å². The van der Waals surface area contributed by atoms with Crippen molar-refractivity contribution in [3.8, 4) is 0 Å². The standard InChI is InChI=1S/C17H16N4.ClH/c1-11(20-21-17(18)19)13-8-9-16-14(10-13)7-6-12-4-2-3-5-15(12)16;/h2-10H,1H3,(H4,18,19,21);1H/b20-11+;. The first kappa shape index (κ1) is 15.8. The van der Waals surface area contributed by atoms with Gasteiger partial charge in [0.15, 0.2) is 0 Å². The van der Waals surface area contributed by atoms with Crippen LogP contribution in [-0.2, 0) is 0 Å². The summed E-state index contributed by atoms with van der Waals surface area (Å²) in [4.78, 5) is 0. The number of halogens is 1.